The topological polar surface area (TPSA) is 53.1 Å². The molecule has 2 aromatic rings. The molecular formula is C16H22ClN3O. The minimum absolute atomic E-state index is 0.181. The molecule has 0 amide bonds. The quantitative estimate of drug-likeness (QED) is 0.921. The summed E-state index contributed by atoms with van der Waals surface area (Å²) in [5.41, 5.74) is 10.3. The van der Waals surface area contributed by atoms with Crippen molar-refractivity contribution < 1.29 is 4.74 Å². The van der Waals surface area contributed by atoms with Crippen LogP contribution in [0.15, 0.2) is 18.2 Å². The number of aryl methyl sites for hydroxylation is 3. The second-order valence-electron chi connectivity index (χ2n) is 5.22. The van der Waals surface area contributed by atoms with Crippen molar-refractivity contribution in [3.8, 4) is 5.75 Å². The number of aromatic nitrogens is 2. The molecule has 0 aliphatic rings. The normalized spacial score (nSPS) is 12.5. The van der Waals surface area contributed by atoms with E-state index >= 15 is 0 Å². The molecule has 1 heterocycles. The van der Waals surface area contributed by atoms with Crippen molar-refractivity contribution in [1.82, 2.24) is 9.78 Å². The van der Waals surface area contributed by atoms with E-state index in [4.69, 9.17) is 22.1 Å². The number of halogens is 1. The Bertz CT molecular complexity index is 637. The molecule has 0 bridgehead atoms. The van der Waals surface area contributed by atoms with Gasteiger partial charge in [0.05, 0.1) is 23.5 Å². The van der Waals surface area contributed by atoms with E-state index < -0.39 is 0 Å². The molecule has 0 aliphatic carbocycles. The van der Waals surface area contributed by atoms with Crippen molar-refractivity contribution in [2.24, 2.45) is 5.73 Å². The Hall–Kier alpha value is -1.52. The molecule has 1 aromatic heterocycles. The first-order chi connectivity index (χ1) is 9.97. The van der Waals surface area contributed by atoms with Gasteiger partial charge >= 0.3 is 0 Å². The number of benzene rings is 1. The zero-order valence-corrected chi connectivity index (χ0v) is 13.7. The van der Waals surface area contributed by atoms with E-state index in [0.29, 0.717) is 11.4 Å². The largest absolute Gasteiger partial charge is 0.496 e. The molecule has 0 fully saturated rings. The summed E-state index contributed by atoms with van der Waals surface area (Å²) >= 11 is 6.35. The number of nitrogens with zero attached hydrogens (tertiary/aromatic N) is 2. The van der Waals surface area contributed by atoms with E-state index in [1.54, 1.807) is 7.11 Å². The predicted molar refractivity (Wildman–Crippen MR) is 86.0 cm³/mol. The Morgan fingerprint density at radius 2 is 2.10 bits per heavy atom. The van der Waals surface area contributed by atoms with Crippen LogP contribution in [0.4, 0.5) is 0 Å². The van der Waals surface area contributed by atoms with Gasteiger partial charge in [-0.25, -0.2) is 0 Å². The Balaban J connectivity index is 2.32. The number of ether oxygens (including phenoxy) is 1. The maximum absolute atomic E-state index is 6.38. The molecule has 0 spiro atoms. The van der Waals surface area contributed by atoms with Gasteiger partial charge in [0.25, 0.3) is 0 Å². The molecular weight excluding hydrogens is 286 g/mol. The van der Waals surface area contributed by atoms with Crippen LogP contribution in [-0.2, 0) is 13.0 Å². The summed E-state index contributed by atoms with van der Waals surface area (Å²) in [7, 11) is 1.67. The van der Waals surface area contributed by atoms with Crippen molar-refractivity contribution in [1.29, 1.82) is 0 Å². The summed E-state index contributed by atoms with van der Waals surface area (Å²) < 4.78 is 7.36. The molecule has 1 aromatic carbocycles. The molecule has 2 rings (SSSR count). The molecule has 4 nitrogen and oxygen atoms in total. The third-order valence-corrected chi connectivity index (χ3v) is 4.15. The maximum atomic E-state index is 6.38. The smallest absolute Gasteiger partial charge is 0.123 e. The minimum Gasteiger partial charge on any atom is -0.496 e. The first-order valence-electron chi connectivity index (χ1n) is 7.09. The second kappa shape index (κ2) is 6.50. The van der Waals surface area contributed by atoms with E-state index in [-0.39, 0.29) is 6.04 Å². The van der Waals surface area contributed by atoms with Crippen molar-refractivity contribution in [2.45, 2.75) is 39.8 Å². The highest BCUT2D eigenvalue weighted by Crippen LogP contribution is 2.30. The number of hydrogen-bond donors (Lipinski definition) is 1. The van der Waals surface area contributed by atoms with Gasteiger partial charge in [-0.05, 0) is 32.4 Å². The van der Waals surface area contributed by atoms with Gasteiger partial charge in [0, 0.05) is 24.6 Å². The Labute approximate surface area is 130 Å². The lowest BCUT2D eigenvalue weighted by molar-refractivity contribution is 0.404. The fraction of sp³-hybridized carbons (Fsp3) is 0.438. The molecule has 0 saturated carbocycles. The molecule has 5 heteroatoms. The van der Waals surface area contributed by atoms with Gasteiger partial charge in [0.15, 0.2) is 0 Å². The summed E-state index contributed by atoms with van der Waals surface area (Å²) in [5.74, 6) is 0.818. The van der Waals surface area contributed by atoms with Crippen LogP contribution in [0, 0.1) is 13.8 Å². The zero-order valence-electron chi connectivity index (χ0n) is 13.0. The van der Waals surface area contributed by atoms with Gasteiger partial charge in [0.1, 0.15) is 5.75 Å². The average molecular weight is 308 g/mol. The number of nitrogens with two attached hydrogens (primary N) is 1. The lowest BCUT2D eigenvalue weighted by Gasteiger charge is -2.17. The average Bonchev–Trinajstić information content (AvgIpc) is 2.74. The highest BCUT2D eigenvalue weighted by molar-refractivity contribution is 6.31. The molecule has 0 aliphatic heterocycles. The first kappa shape index (κ1) is 15.9. The molecule has 114 valence electrons. The van der Waals surface area contributed by atoms with Crippen molar-refractivity contribution in [3.63, 3.8) is 0 Å². The molecule has 1 atom stereocenters. The molecule has 0 radical (unpaired) electrons. The Morgan fingerprint density at radius 1 is 1.38 bits per heavy atom. The fourth-order valence-corrected chi connectivity index (χ4v) is 2.72. The summed E-state index contributed by atoms with van der Waals surface area (Å²) in [6.45, 7) is 6.77. The van der Waals surface area contributed by atoms with Gasteiger partial charge in [-0.1, -0.05) is 23.7 Å². The molecule has 1 unspecified atom stereocenters. The van der Waals surface area contributed by atoms with Crippen molar-refractivity contribution in [3.05, 3.63) is 45.7 Å². The van der Waals surface area contributed by atoms with Crippen LogP contribution < -0.4 is 10.5 Å². The first-order valence-corrected chi connectivity index (χ1v) is 7.47. The van der Waals surface area contributed by atoms with Crippen LogP contribution in [0.3, 0.4) is 0 Å². The lowest BCUT2D eigenvalue weighted by Crippen LogP contribution is -2.17. The van der Waals surface area contributed by atoms with Gasteiger partial charge in [-0.2, -0.15) is 5.10 Å². The van der Waals surface area contributed by atoms with Gasteiger partial charge < -0.3 is 10.5 Å². The van der Waals surface area contributed by atoms with Gasteiger partial charge in [-0.15, -0.1) is 0 Å². The summed E-state index contributed by atoms with van der Waals surface area (Å²) in [5, 5.41) is 5.14. The minimum atomic E-state index is -0.181. The van der Waals surface area contributed by atoms with Crippen LogP contribution in [0.2, 0.25) is 5.02 Å². The predicted octanol–water partition coefficient (Wildman–Crippen LogP) is 3.42. The third-order valence-electron chi connectivity index (χ3n) is 3.65. The highest BCUT2D eigenvalue weighted by Gasteiger charge is 2.19. The van der Waals surface area contributed by atoms with Crippen molar-refractivity contribution >= 4 is 11.6 Å². The van der Waals surface area contributed by atoms with Crippen LogP contribution in [0.5, 0.6) is 5.75 Å². The van der Waals surface area contributed by atoms with Crippen LogP contribution in [0.25, 0.3) is 0 Å². The molecule has 0 saturated heterocycles. The summed E-state index contributed by atoms with van der Waals surface area (Å²) in [4.78, 5) is 0. The summed E-state index contributed by atoms with van der Waals surface area (Å²) in [6, 6.07) is 5.88. The zero-order chi connectivity index (χ0) is 15.6. The lowest BCUT2D eigenvalue weighted by atomic mass is 10.00. The van der Waals surface area contributed by atoms with Crippen LogP contribution in [0.1, 0.15) is 35.5 Å². The number of rotatable bonds is 5. The van der Waals surface area contributed by atoms with E-state index in [0.717, 1.165) is 34.8 Å². The van der Waals surface area contributed by atoms with Crippen LogP contribution >= 0.6 is 11.6 Å². The van der Waals surface area contributed by atoms with E-state index in [1.807, 2.05) is 43.7 Å². The van der Waals surface area contributed by atoms with E-state index in [9.17, 15) is 0 Å². The monoisotopic (exact) mass is 307 g/mol. The Kier molecular flexibility index (Phi) is 4.91. The SMILES string of the molecule is CCn1nc(C)c(Cl)c1CC(N)c1ccc(C)cc1OC. The standard InChI is InChI=1S/C16H22ClN3O/c1-5-20-14(16(17)11(3)19-20)9-13(18)12-7-6-10(2)8-15(12)21-4/h6-8,13H,5,9,18H2,1-4H3. The van der Waals surface area contributed by atoms with Crippen LogP contribution in [-0.4, -0.2) is 16.9 Å². The fourth-order valence-electron chi connectivity index (χ4n) is 2.51. The Morgan fingerprint density at radius 3 is 2.71 bits per heavy atom. The van der Waals surface area contributed by atoms with E-state index in [1.165, 1.54) is 0 Å². The number of hydrogen-bond acceptors (Lipinski definition) is 3. The number of methoxy groups -OCH3 is 1. The summed E-state index contributed by atoms with van der Waals surface area (Å²) in [6.07, 6.45) is 0.632. The molecule has 2 N–H and O–H groups in total. The highest BCUT2D eigenvalue weighted by atomic mass is 35.5. The molecule has 21 heavy (non-hydrogen) atoms. The second-order valence-corrected chi connectivity index (χ2v) is 5.60. The third kappa shape index (κ3) is 3.22. The maximum Gasteiger partial charge on any atom is 0.123 e. The van der Waals surface area contributed by atoms with Crippen molar-refractivity contribution in [2.75, 3.05) is 7.11 Å². The van der Waals surface area contributed by atoms with E-state index in [2.05, 4.69) is 5.10 Å². The van der Waals surface area contributed by atoms with Gasteiger partial charge in [0.2, 0.25) is 0 Å². The van der Waals surface area contributed by atoms with Gasteiger partial charge in [-0.3, -0.25) is 4.68 Å².